The monoisotopic (exact) mass is 264 g/mol. The average molecular weight is 264 g/mol. The summed E-state index contributed by atoms with van der Waals surface area (Å²) in [5.41, 5.74) is 0. The lowest BCUT2D eigenvalue weighted by atomic mass is 10.2. The van der Waals surface area contributed by atoms with Crippen LogP contribution in [0.15, 0.2) is 0 Å². The predicted molar refractivity (Wildman–Crippen MR) is 69.7 cm³/mol. The Balaban J connectivity index is 3.75. The lowest BCUT2D eigenvalue weighted by Gasteiger charge is -2.16. The number of carbonyl (C=O) groups excluding carboxylic acids is 1. The van der Waals surface area contributed by atoms with Gasteiger partial charge in [-0.2, -0.15) is 0 Å². The molecule has 0 saturated heterocycles. The highest BCUT2D eigenvalue weighted by molar-refractivity contribution is 7.90. The normalized spacial score (nSPS) is 11.8. The van der Waals surface area contributed by atoms with E-state index in [1.807, 2.05) is 0 Å². The Morgan fingerprint density at radius 1 is 1.35 bits per heavy atom. The van der Waals surface area contributed by atoms with Gasteiger partial charge in [0.15, 0.2) is 0 Å². The first kappa shape index (κ1) is 16.4. The molecule has 0 heterocycles. The van der Waals surface area contributed by atoms with E-state index in [1.54, 1.807) is 7.05 Å². The topological polar surface area (TPSA) is 66.5 Å². The summed E-state index contributed by atoms with van der Waals surface area (Å²) in [4.78, 5) is 13.1. The summed E-state index contributed by atoms with van der Waals surface area (Å²) < 4.78 is 21.9. The molecule has 0 rings (SSSR count). The van der Waals surface area contributed by atoms with Crippen molar-refractivity contribution in [2.75, 3.05) is 32.1 Å². The Kier molecular flexibility index (Phi) is 7.38. The van der Waals surface area contributed by atoms with Crippen molar-refractivity contribution < 1.29 is 13.2 Å². The standard InChI is InChI=1S/C11H24N2O3S/c1-10(2)12-7-5-6-11(14)13(3)8-9-17(4,15)16/h10,12H,5-9H2,1-4H3. The Labute approximate surface area is 104 Å². The maximum Gasteiger partial charge on any atom is 0.222 e. The molecule has 1 amide bonds. The fraction of sp³-hybridized carbons (Fsp3) is 0.909. The van der Waals surface area contributed by atoms with Crippen molar-refractivity contribution in [2.24, 2.45) is 0 Å². The molecule has 0 bridgehead atoms. The van der Waals surface area contributed by atoms with Crippen molar-refractivity contribution in [1.82, 2.24) is 10.2 Å². The third-order valence-electron chi connectivity index (χ3n) is 2.34. The molecule has 0 aliphatic carbocycles. The van der Waals surface area contributed by atoms with E-state index in [9.17, 15) is 13.2 Å². The zero-order chi connectivity index (χ0) is 13.5. The molecule has 0 spiro atoms. The highest BCUT2D eigenvalue weighted by Crippen LogP contribution is 1.96. The van der Waals surface area contributed by atoms with E-state index in [4.69, 9.17) is 0 Å². The largest absolute Gasteiger partial charge is 0.345 e. The van der Waals surface area contributed by atoms with Crippen molar-refractivity contribution in [3.63, 3.8) is 0 Å². The molecule has 0 fully saturated rings. The second-order valence-corrected chi connectivity index (χ2v) is 6.92. The fourth-order valence-electron chi connectivity index (χ4n) is 1.25. The summed E-state index contributed by atoms with van der Waals surface area (Å²) in [6.07, 6.45) is 2.41. The van der Waals surface area contributed by atoms with Gasteiger partial charge in [0, 0.05) is 32.3 Å². The van der Waals surface area contributed by atoms with Crippen molar-refractivity contribution >= 4 is 15.7 Å². The van der Waals surface area contributed by atoms with Gasteiger partial charge in [-0.1, -0.05) is 13.8 Å². The molecule has 0 aliphatic heterocycles. The molecule has 0 aromatic heterocycles. The van der Waals surface area contributed by atoms with Gasteiger partial charge in [0.2, 0.25) is 5.91 Å². The Morgan fingerprint density at radius 3 is 2.41 bits per heavy atom. The third-order valence-corrected chi connectivity index (χ3v) is 3.27. The zero-order valence-corrected chi connectivity index (χ0v) is 12.0. The van der Waals surface area contributed by atoms with Crippen LogP contribution in [-0.2, 0) is 14.6 Å². The number of nitrogens with one attached hydrogen (secondary N) is 1. The molecular weight excluding hydrogens is 240 g/mol. The van der Waals surface area contributed by atoms with Crippen molar-refractivity contribution in [3.05, 3.63) is 0 Å². The number of nitrogens with zero attached hydrogens (tertiary/aromatic N) is 1. The predicted octanol–water partition coefficient (Wildman–Crippen LogP) is 0.268. The fourth-order valence-corrected chi connectivity index (χ4v) is 1.85. The summed E-state index contributed by atoms with van der Waals surface area (Å²) >= 11 is 0. The van der Waals surface area contributed by atoms with E-state index in [2.05, 4.69) is 19.2 Å². The second kappa shape index (κ2) is 7.66. The highest BCUT2D eigenvalue weighted by Gasteiger charge is 2.11. The summed E-state index contributed by atoms with van der Waals surface area (Å²) in [7, 11) is -1.35. The quantitative estimate of drug-likeness (QED) is 0.639. The summed E-state index contributed by atoms with van der Waals surface area (Å²) in [5.74, 6) is 0.0265. The van der Waals surface area contributed by atoms with Gasteiger partial charge >= 0.3 is 0 Å². The number of amides is 1. The molecule has 102 valence electrons. The van der Waals surface area contributed by atoms with Crippen LogP contribution >= 0.6 is 0 Å². The van der Waals surface area contributed by atoms with Crippen LogP contribution in [0, 0.1) is 0 Å². The molecule has 0 radical (unpaired) electrons. The summed E-state index contributed by atoms with van der Waals surface area (Å²) in [5, 5.41) is 3.23. The van der Waals surface area contributed by atoms with Crippen LogP contribution in [0.4, 0.5) is 0 Å². The smallest absolute Gasteiger partial charge is 0.222 e. The van der Waals surface area contributed by atoms with E-state index < -0.39 is 9.84 Å². The Bertz CT molecular complexity index is 326. The van der Waals surface area contributed by atoms with Crippen LogP contribution in [0.3, 0.4) is 0 Å². The lowest BCUT2D eigenvalue weighted by molar-refractivity contribution is -0.129. The minimum absolute atomic E-state index is 0.000735. The molecule has 0 aromatic carbocycles. The van der Waals surface area contributed by atoms with Gasteiger partial charge in [-0.3, -0.25) is 4.79 Å². The maximum absolute atomic E-state index is 11.6. The van der Waals surface area contributed by atoms with Crippen molar-refractivity contribution in [2.45, 2.75) is 32.7 Å². The van der Waals surface area contributed by atoms with Crippen LogP contribution in [0.25, 0.3) is 0 Å². The van der Waals surface area contributed by atoms with Gasteiger partial charge in [0.1, 0.15) is 9.84 Å². The molecule has 17 heavy (non-hydrogen) atoms. The average Bonchev–Trinajstić information content (AvgIpc) is 2.19. The summed E-state index contributed by atoms with van der Waals surface area (Å²) in [6, 6.07) is 0.424. The first-order valence-electron chi connectivity index (χ1n) is 5.87. The van der Waals surface area contributed by atoms with Gasteiger partial charge in [0.05, 0.1) is 5.75 Å². The number of hydrogen-bond acceptors (Lipinski definition) is 4. The third kappa shape index (κ3) is 10.3. The molecule has 0 aromatic rings. The van der Waals surface area contributed by atoms with E-state index in [-0.39, 0.29) is 18.2 Å². The van der Waals surface area contributed by atoms with Gasteiger partial charge in [0.25, 0.3) is 0 Å². The van der Waals surface area contributed by atoms with Gasteiger partial charge < -0.3 is 10.2 Å². The number of carbonyl (C=O) groups is 1. The SMILES string of the molecule is CC(C)NCCCC(=O)N(C)CCS(C)(=O)=O. The minimum atomic E-state index is -3.00. The molecule has 6 heteroatoms. The molecule has 1 N–H and O–H groups in total. The molecule has 0 aliphatic rings. The van der Waals surface area contributed by atoms with Gasteiger partial charge in [-0.05, 0) is 13.0 Å². The van der Waals surface area contributed by atoms with Crippen molar-refractivity contribution in [3.8, 4) is 0 Å². The molecule has 0 unspecified atom stereocenters. The highest BCUT2D eigenvalue weighted by atomic mass is 32.2. The van der Waals surface area contributed by atoms with E-state index in [1.165, 1.54) is 11.2 Å². The van der Waals surface area contributed by atoms with Crippen LogP contribution in [0.5, 0.6) is 0 Å². The Hall–Kier alpha value is -0.620. The van der Waals surface area contributed by atoms with Crippen LogP contribution in [0.1, 0.15) is 26.7 Å². The first-order chi connectivity index (χ1) is 7.72. The van der Waals surface area contributed by atoms with Crippen LogP contribution in [0.2, 0.25) is 0 Å². The molecular formula is C11H24N2O3S. The Morgan fingerprint density at radius 2 is 1.94 bits per heavy atom. The second-order valence-electron chi connectivity index (χ2n) is 4.66. The van der Waals surface area contributed by atoms with Crippen LogP contribution in [-0.4, -0.2) is 57.4 Å². The number of hydrogen-bond donors (Lipinski definition) is 1. The summed E-state index contributed by atoms with van der Waals surface area (Å²) in [6.45, 7) is 5.19. The minimum Gasteiger partial charge on any atom is -0.345 e. The molecule has 0 saturated carbocycles. The van der Waals surface area contributed by atoms with Crippen LogP contribution < -0.4 is 5.32 Å². The maximum atomic E-state index is 11.6. The van der Waals surface area contributed by atoms with E-state index in [0.717, 1.165) is 13.0 Å². The zero-order valence-electron chi connectivity index (χ0n) is 11.2. The number of rotatable bonds is 8. The first-order valence-corrected chi connectivity index (χ1v) is 7.93. The van der Waals surface area contributed by atoms with Gasteiger partial charge in [-0.25, -0.2) is 8.42 Å². The van der Waals surface area contributed by atoms with Gasteiger partial charge in [-0.15, -0.1) is 0 Å². The van der Waals surface area contributed by atoms with E-state index >= 15 is 0 Å². The molecule has 0 atom stereocenters. The van der Waals surface area contributed by atoms with Crippen molar-refractivity contribution in [1.29, 1.82) is 0 Å². The molecule has 5 nitrogen and oxygen atoms in total. The lowest BCUT2D eigenvalue weighted by Crippen LogP contribution is -2.32. The van der Waals surface area contributed by atoms with E-state index in [0.29, 0.717) is 12.5 Å². The number of sulfone groups is 1.